The third-order valence-corrected chi connectivity index (χ3v) is 4.42. The van der Waals surface area contributed by atoms with Gasteiger partial charge in [-0.25, -0.2) is 0 Å². The molecule has 0 amide bonds. The number of ether oxygens (including phenoxy) is 1. The summed E-state index contributed by atoms with van der Waals surface area (Å²) >= 11 is 5.29. The van der Waals surface area contributed by atoms with Crippen LogP contribution in [0.15, 0.2) is 15.9 Å². The quantitative estimate of drug-likeness (QED) is 0.916. The summed E-state index contributed by atoms with van der Waals surface area (Å²) in [7, 11) is 2.02. The average molecular weight is 276 g/mol. The van der Waals surface area contributed by atoms with Crippen LogP contribution < -0.4 is 5.32 Å². The molecule has 0 spiro atoms. The second-order valence-corrected chi connectivity index (χ2v) is 5.42. The van der Waals surface area contributed by atoms with E-state index in [4.69, 9.17) is 4.74 Å². The van der Waals surface area contributed by atoms with Crippen molar-refractivity contribution in [2.75, 3.05) is 20.3 Å². The van der Waals surface area contributed by atoms with Crippen LogP contribution in [0.3, 0.4) is 0 Å². The maximum absolute atomic E-state index is 5.42. The second-order valence-electron chi connectivity index (χ2n) is 3.56. The van der Waals surface area contributed by atoms with Gasteiger partial charge in [0.2, 0.25) is 0 Å². The van der Waals surface area contributed by atoms with Crippen molar-refractivity contribution >= 4 is 27.3 Å². The molecule has 1 aromatic rings. The highest BCUT2D eigenvalue weighted by Crippen LogP contribution is 2.33. The topological polar surface area (TPSA) is 21.3 Å². The molecule has 2 unspecified atom stereocenters. The normalized spacial score (nSPS) is 24.0. The molecule has 0 saturated carbocycles. The first kappa shape index (κ1) is 10.6. The zero-order valence-electron chi connectivity index (χ0n) is 8.13. The fourth-order valence-electron chi connectivity index (χ4n) is 1.92. The third kappa shape index (κ3) is 2.19. The third-order valence-electron chi connectivity index (χ3n) is 2.64. The van der Waals surface area contributed by atoms with E-state index in [2.05, 4.69) is 32.7 Å². The first-order valence-electron chi connectivity index (χ1n) is 4.80. The minimum Gasteiger partial charge on any atom is -0.381 e. The lowest BCUT2D eigenvalue weighted by Crippen LogP contribution is -2.24. The van der Waals surface area contributed by atoms with E-state index in [1.807, 2.05) is 7.05 Å². The molecule has 0 bridgehead atoms. The summed E-state index contributed by atoms with van der Waals surface area (Å²) in [6.45, 7) is 1.80. The Morgan fingerprint density at radius 1 is 1.71 bits per heavy atom. The number of halogens is 1. The van der Waals surface area contributed by atoms with Gasteiger partial charge in [0.15, 0.2) is 0 Å². The molecule has 1 aliphatic rings. The zero-order chi connectivity index (χ0) is 9.97. The van der Waals surface area contributed by atoms with Crippen LogP contribution in [0.4, 0.5) is 0 Å². The molecule has 2 rings (SSSR count). The Hall–Kier alpha value is 0.1000. The van der Waals surface area contributed by atoms with Crippen LogP contribution in [0.2, 0.25) is 0 Å². The van der Waals surface area contributed by atoms with Crippen molar-refractivity contribution in [3.8, 4) is 0 Å². The van der Waals surface area contributed by atoms with Crippen LogP contribution in [-0.2, 0) is 4.74 Å². The van der Waals surface area contributed by atoms with E-state index in [0.29, 0.717) is 12.0 Å². The van der Waals surface area contributed by atoms with E-state index >= 15 is 0 Å². The standard InChI is InChI=1S/C10H14BrNOS/c1-12-10(7-2-3-13-5-7)9-4-8(11)6-14-9/h4,6-7,10,12H,2-3,5H2,1H3. The van der Waals surface area contributed by atoms with Gasteiger partial charge in [-0.15, -0.1) is 11.3 Å². The number of rotatable bonds is 3. The molecule has 1 aliphatic heterocycles. The highest BCUT2D eigenvalue weighted by atomic mass is 79.9. The molecule has 2 nitrogen and oxygen atoms in total. The number of nitrogens with one attached hydrogen (secondary N) is 1. The van der Waals surface area contributed by atoms with Crippen molar-refractivity contribution in [3.05, 3.63) is 20.8 Å². The van der Waals surface area contributed by atoms with Crippen LogP contribution in [-0.4, -0.2) is 20.3 Å². The van der Waals surface area contributed by atoms with Crippen molar-refractivity contribution in [1.82, 2.24) is 5.32 Å². The zero-order valence-corrected chi connectivity index (χ0v) is 10.5. The van der Waals surface area contributed by atoms with Gasteiger partial charge < -0.3 is 10.1 Å². The summed E-state index contributed by atoms with van der Waals surface area (Å²) < 4.78 is 6.60. The Bertz CT molecular complexity index is 296. The summed E-state index contributed by atoms with van der Waals surface area (Å²) in [6, 6.07) is 2.65. The first-order chi connectivity index (χ1) is 6.81. The van der Waals surface area contributed by atoms with Crippen molar-refractivity contribution in [2.24, 2.45) is 5.92 Å². The van der Waals surface area contributed by atoms with Crippen molar-refractivity contribution in [2.45, 2.75) is 12.5 Å². The Morgan fingerprint density at radius 2 is 2.57 bits per heavy atom. The van der Waals surface area contributed by atoms with E-state index < -0.39 is 0 Å². The van der Waals surface area contributed by atoms with Gasteiger partial charge in [0.05, 0.1) is 6.61 Å². The van der Waals surface area contributed by atoms with Crippen LogP contribution in [0, 0.1) is 5.92 Å². The van der Waals surface area contributed by atoms with Gasteiger partial charge in [-0.2, -0.15) is 0 Å². The molecule has 2 heterocycles. The summed E-state index contributed by atoms with van der Waals surface area (Å²) in [5, 5.41) is 5.52. The smallest absolute Gasteiger partial charge is 0.0513 e. The van der Waals surface area contributed by atoms with Crippen LogP contribution in [0.25, 0.3) is 0 Å². The molecule has 4 heteroatoms. The number of hydrogen-bond acceptors (Lipinski definition) is 3. The predicted molar refractivity (Wildman–Crippen MR) is 62.7 cm³/mol. The lowest BCUT2D eigenvalue weighted by molar-refractivity contribution is 0.178. The van der Waals surface area contributed by atoms with Crippen LogP contribution >= 0.6 is 27.3 Å². The number of thiophene rings is 1. The van der Waals surface area contributed by atoms with Gasteiger partial charge >= 0.3 is 0 Å². The average Bonchev–Trinajstić information content (AvgIpc) is 2.79. The summed E-state index contributed by atoms with van der Waals surface area (Å²) in [6.07, 6.45) is 1.17. The molecule has 0 radical (unpaired) electrons. The van der Waals surface area contributed by atoms with Gasteiger partial charge in [-0.3, -0.25) is 0 Å². The van der Waals surface area contributed by atoms with Crippen LogP contribution in [0.1, 0.15) is 17.3 Å². The summed E-state index contributed by atoms with van der Waals surface area (Å²) in [5.74, 6) is 0.630. The molecule has 1 N–H and O–H groups in total. The van der Waals surface area contributed by atoms with Crippen molar-refractivity contribution in [3.63, 3.8) is 0 Å². The Balaban J connectivity index is 2.12. The lowest BCUT2D eigenvalue weighted by Gasteiger charge is -2.20. The highest BCUT2D eigenvalue weighted by molar-refractivity contribution is 9.10. The molecule has 1 saturated heterocycles. The molecule has 78 valence electrons. The van der Waals surface area contributed by atoms with Crippen molar-refractivity contribution < 1.29 is 4.74 Å². The van der Waals surface area contributed by atoms with E-state index in [0.717, 1.165) is 13.2 Å². The molecule has 0 aromatic carbocycles. The molecule has 2 atom stereocenters. The van der Waals surface area contributed by atoms with Gasteiger partial charge in [0.1, 0.15) is 0 Å². The molecular weight excluding hydrogens is 262 g/mol. The van der Waals surface area contributed by atoms with E-state index in [1.54, 1.807) is 11.3 Å². The second kappa shape index (κ2) is 4.75. The Morgan fingerprint density at radius 3 is 3.07 bits per heavy atom. The maximum atomic E-state index is 5.42. The fraction of sp³-hybridized carbons (Fsp3) is 0.600. The predicted octanol–water partition coefficient (Wildman–Crippen LogP) is 2.81. The van der Waals surface area contributed by atoms with E-state index in [-0.39, 0.29) is 0 Å². The minimum absolute atomic E-state index is 0.453. The van der Waals surface area contributed by atoms with Crippen molar-refractivity contribution in [1.29, 1.82) is 0 Å². The minimum atomic E-state index is 0.453. The largest absolute Gasteiger partial charge is 0.381 e. The summed E-state index contributed by atoms with van der Waals surface area (Å²) in [5.41, 5.74) is 0. The number of hydrogen-bond donors (Lipinski definition) is 1. The Kier molecular flexibility index (Phi) is 3.60. The van der Waals surface area contributed by atoms with Gasteiger partial charge in [-0.05, 0) is 35.5 Å². The first-order valence-corrected chi connectivity index (χ1v) is 6.47. The van der Waals surface area contributed by atoms with Gasteiger partial charge in [0, 0.05) is 33.3 Å². The molecule has 0 aliphatic carbocycles. The monoisotopic (exact) mass is 275 g/mol. The van der Waals surface area contributed by atoms with Gasteiger partial charge in [0.25, 0.3) is 0 Å². The van der Waals surface area contributed by atoms with E-state index in [1.165, 1.54) is 15.8 Å². The van der Waals surface area contributed by atoms with Crippen LogP contribution in [0.5, 0.6) is 0 Å². The molecule has 14 heavy (non-hydrogen) atoms. The molecule has 1 fully saturated rings. The molecular formula is C10H14BrNOS. The SMILES string of the molecule is CNC(c1cc(Br)cs1)C1CCOC1. The van der Waals surface area contributed by atoms with E-state index in [9.17, 15) is 0 Å². The summed E-state index contributed by atoms with van der Waals surface area (Å²) in [4.78, 5) is 1.40. The molecule has 1 aromatic heterocycles. The maximum Gasteiger partial charge on any atom is 0.0513 e. The fourth-order valence-corrected chi connectivity index (χ4v) is 3.56. The van der Waals surface area contributed by atoms with Gasteiger partial charge in [-0.1, -0.05) is 0 Å². The highest BCUT2D eigenvalue weighted by Gasteiger charge is 2.26. The Labute approximate surface area is 96.8 Å². The lowest BCUT2D eigenvalue weighted by atomic mass is 9.98.